The van der Waals surface area contributed by atoms with Gasteiger partial charge in [-0.2, -0.15) is 15.3 Å². The van der Waals surface area contributed by atoms with Gasteiger partial charge in [0.15, 0.2) is 0 Å². The van der Waals surface area contributed by atoms with Crippen molar-refractivity contribution in [2.45, 2.75) is 46.9 Å². The number of aromatic nitrogens is 7. The van der Waals surface area contributed by atoms with Crippen molar-refractivity contribution in [2.24, 2.45) is 7.05 Å². The average Bonchev–Trinajstić information content (AvgIpc) is 3.40. The molecule has 0 fully saturated rings. The molecule has 10 heteroatoms. The third-order valence-corrected chi connectivity index (χ3v) is 6.50. The fourth-order valence-electron chi connectivity index (χ4n) is 4.99. The van der Waals surface area contributed by atoms with E-state index in [0.29, 0.717) is 19.0 Å². The zero-order valence-electron chi connectivity index (χ0n) is 21.6. The van der Waals surface area contributed by atoms with Crippen molar-refractivity contribution >= 4 is 23.1 Å². The number of H-pyrrole nitrogens is 1. The highest BCUT2D eigenvalue weighted by Crippen LogP contribution is 2.35. The number of nitrogens with one attached hydrogen (secondary N) is 1. The second-order valence-corrected chi connectivity index (χ2v) is 9.64. The fourth-order valence-corrected chi connectivity index (χ4v) is 4.99. The number of nitrogens with zero attached hydrogens (tertiary/aromatic N) is 7. The number of pyridine rings is 1. The van der Waals surface area contributed by atoms with Gasteiger partial charge < -0.3 is 9.84 Å². The van der Waals surface area contributed by atoms with Crippen molar-refractivity contribution in [1.82, 2.24) is 39.6 Å². The van der Waals surface area contributed by atoms with E-state index in [1.54, 1.807) is 4.68 Å². The van der Waals surface area contributed by atoms with Gasteiger partial charge in [0.1, 0.15) is 17.4 Å². The van der Waals surface area contributed by atoms with Gasteiger partial charge in [0, 0.05) is 31.1 Å². The van der Waals surface area contributed by atoms with Crippen LogP contribution in [0.3, 0.4) is 0 Å². The number of ether oxygens (including phenoxy) is 1. The Morgan fingerprint density at radius 3 is 2.69 bits per heavy atom. The highest BCUT2D eigenvalue weighted by molar-refractivity contribution is 5.93. The molecule has 0 aliphatic carbocycles. The Labute approximate surface area is 209 Å². The van der Waals surface area contributed by atoms with E-state index in [2.05, 4.69) is 44.9 Å². The van der Waals surface area contributed by atoms with Crippen LogP contribution in [0.5, 0.6) is 5.88 Å². The lowest BCUT2D eigenvalue weighted by atomic mass is 10.1. The number of aliphatic hydroxyl groups excluding tert-OH is 1. The van der Waals surface area contributed by atoms with Crippen LogP contribution in [0.2, 0.25) is 0 Å². The lowest BCUT2D eigenvalue weighted by Gasteiger charge is -2.23. The van der Waals surface area contributed by atoms with Crippen LogP contribution in [0, 0.1) is 20.8 Å². The zero-order chi connectivity index (χ0) is 25.7. The summed E-state index contributed by atoms with van der Waals surface area (Å²) in [7, 11) is 3.94. The minimum atomic E-state index is -0.118. The van der Waals surface area contributed by atoms with E-state index < -0.39 is 0 Å². The van der Waals surface area contributed by atoms with E-state index in [1.807, 2.05) is 51.7 Å². The van der Waals surface area contributed by atoms with Crippen molar-refractivity contribution < 1.29 is 9.84 Å². The molecule has 0 spiro atoms. The van der Waals surface area contributed by atoms with Crippen molar-refractivity contribution in [3.8, 4) is 17.1 Å². The van der Waals surface area contributed by atoms with E-state index in [-0.39, 0.29) is 18.4 Å². The second kappa shape index (κ2) is 8.94. The highest BCUT2D eigenvalue weighted by atomic mass is 16.5. The zero-order valence-corrected chi connectivity index (χ0v) is 21.6. The number of rotatable bonds is 2. The average molecular weight is 489 g/mol. The molecule has 1 atom stereocenters. The number of hydrogen-bond donors (Lipinski definition) is 2. The maximum Gasteiger partial charge on any atom is 0.221 e. The smallest absolute Gasteiger partial charge is 0.221 e. The minimum absolute atomic E-state index is 0.0636. The molecule has 0 amide bonds. The normalized spacial score (nSPS) is 17.3. The standard InChI is InChI=1S/C26H32N8O2/c1-14(35)11-34-23-13-32(6)12-15(2)36-26-24(17(4)30-33(26)7)22-10-20-21(9-8-19(23)16(3)31-34)28-29-25(20)18(5)27-22/h8-10,15,35H,1,11-13H2,2-7H3,(H,28,29)/b9-8+. The summed E-state index contributed by atoms with van der Waals surface area (Å²) in [5.74, 6) is 0.752. The van der Waals surface area contributed by atoms with Crippen LogP contribution in [0.4, 0.5) is 0 Å². The Morgan fingerprint density at radius 1 is 1.17 bits per heavy atom. The number of allylic oxidation sites excluding steroid dienone is 1. The molecule has 1 aliphatic rings. The van der Waals surface area contributed by atoms with Crippen LogP contribution in [-0.4, -0.2) is 64.4 Å². The molecule has 2 N–H and O–H groups in total. The van der Waals surface area contributed by atoms with E-state index in [0.717, 1.165) is 56.2 Å². The van der Waals surface area contributed by atoms with Crippen molar-refractivity contribution in [1.29, 1.82) is 0 Å². The Bertz CT molecular complexity index is 1510. The van der Waals surface area contributed by atoms with Crippen LogP contribution in [0.1, 0.15) is 41.0 Å². The van der Waals surface area contributed by atoms with Gasteiger partial charge >= 0.3 is 0 Å². The number of fused-ring (bicyclic) bond motifs is 4. The summed E-state index contributed by atoms with van der Waals surface area (Å²) in [5, 5.41) is 27.9. The molecule has 4 aromatic rings. The molecule has 188 valence electrons. The third-order valence-electron chi connectivity index (χ3n) is 6.50. The molecule has 2 bridgehead atoms. The molecule has 0 saturated carbocycles. The van der Waals surface area contributed by atoms with Crippen LogP contribution >= 0.6 is 0 Å². The molecule has 1 unspecified atom stereocenters. The number of likely N-dealkylation sites (N-methyl/N-ethyl adjacent to an activating group) is 1. The maximum absolute atomic E-state index is 9.90. The van der Waals surface area contributed by atoms with Gasteiger partial charge in [-0.15, -0.1) is 0 Å². The van der Waals surface area contributed by atoms with Gasteiger partial charge in [0.2, 0.25) is 5.88 Å². The summed E-state index contributed by atoms with van der Waals surface area (Å²) in [4.78, 5) is 7.05. The first kappa shape index (κ1) is 23.8. The SMILES string of the molecule is C=C(O)Cn1nc(C)c2c1CN(C)CC(C)Oc1c(c(C)nn1C)-c1cc3c([nH]nc3c(C)n1)/C=C/2. The highest BCUT2D eigenvalue weighted by Gasteiger charge is 2.24. The number of aromatic amines is 1. The molecule has 4 aromatic heterocycles. The van der Waals surface area contributed by atoms with E-state index in [9.17, 15) is 5.11 Å². The molecule has 5 heterocycles. The summed E-state index contributed by atoms with van der Waals surface area (Å²) in [6, 6.07) is 2.05. The maximum atomic E-state index is 9.90. The Morgan fingerprint density at radius 2 is 1.94 bits per heavy atom. The van der Waals surface area contributed by atoms with Gasteiger partial charge in [-0.25, -0.2) is 4.68 Å². The topological polar surface area (TPSA) is 110 Å². The van der Waals surface area contributed by atoms with Crippen LogP contribution in [0.15, 0.2) is 18.4 Å². The van der Waals surface area contributed by atoms with E-state index in [1.165, 1.54) is 0 Å². The molecule has 5 rings (SSSR count). The Balaban J connectivity index is 1.73. The molecular weight excluding hydrogens is 456 g/mol. The number of aryl methyl sites for hydroxylation is 4. The lowest BCUT2D eigenvalue weighted by Crippen LogP contribution is -2.32. The second-order valence-electron chi connectivity index (χ2n) is 9.64. The molecule has 0 radical (unpaired) electrons. The minimum Gasteiger partial charge on any atom is -0.511 e. The first-order chi connectivity index (χ1) is 17.1. The predicted molar refractivity (Wildman–Crippen MR) is 140 cm³/mol. The van der Waals surface area contributed by atoms with E-state index >= 15 is 0 Å². The predicted octanol–water partition coefficient (Wildman–Crippen LogP) is 3.93. The third kappa shape index (κ3) is 4.17. The largest absolute Gasteiger partial charge is 0.511 e. The molecule has 1 aliphatic heterocycles. The number of aliphatic hydroxyl groups is 1. The monoisotopic (exact) mass is 488 g/mol. The van der Waals surface area contributed by atoms with Crippen molar-refractivity contribution in [3.63, 3.8) is 0 Å². The van der Waals surface area contributed by atoms with Gasteiger partial charge in [-0.3, -0.25) is 19.7 Å². The summed E-state index contributed by atoms with van der Waals surface area (Å²) >= 11 is 0. The van der Waals surface area contributed by atoms with Gasteiger partial charge in [0.05, 0.1) is 46.3 Å². The molecule has 0 saturated heterocycles. The van der Waals surface area contributed by atoms with Crippen molar-refractivity contribution in [3.05, 3.63) is 52.4 Å². The van der Waals surface area contributed by atoms with Gasteiger partial charge in [0.25, 0.3) is 0 Å². The van der Waals surface area contributed by atoms with Crippen molar-refractivity contribution in [2.75, 3.05) is 13.6 Å². The lowest BCUT2D eigenvalue weighted by molar-refractivity contribution is 0.147. The number of hydrogen-bond acceptors (Lipinski definition) is 7. The van der Waals surface area contributed by atoms with Gasteiger partial charge in [-0.1, -0.05) is 6.58 Å². The molecule has 10 nitrogen and oxygen atoms in total. The van der Waals surface area contributed by atoms with Crippen LogP contribution in [-0.2, 0) is 20.1 Å². The molecule has 36 heavy (non-hydrogen) atoms. The summed E-state index contributed by atoms with van der Waals surface area (Å²) in [5.41, 5.74) is 7.95. The quantitative estimate of drug-likeness (QED) is 0.411. The van der Waals surface area contributed by atoms with Crippen LogP contribution in [0.25, 0.3) is 34.3 Å². The fraction of sp³-hybridized carbons (Fsp3) is 0.385. The Kier molecular flexibility index (Phi) is 5.91. The van der Waals surface area contributed by atoms with Crippen LogP contribution < -0.4 is 4.74 Å². The summed E-state index contributed by atoms with van der Waals surface area (Å²) in [6.45, 7) is 13.2. The van der Waals surface area contributed by atoms with E-state index in [4.69, 9.17) is 9.72 Å². The molecule has 0 aromatic carbocycles. The van der Waals surface area contributed by atoms with Gasteiger partial charge in [-0.05, 0) is 53.0 Å². The Hall–Kier alpha value is -3.92. The summed E-state index contributed by atoms with van der Waals surface area (Å²) in [6.07, 6.45) is 3.97. The first-order valence-corrected chi connectivity index (χ1v) is 12.0. The molecular formula is C26H32N8O2. The summed E-state index contributed by atoms with van der Waals surface area (Å²) < 4.78 is 10.1. The first-order valence-electron chi connectivity index (χ1n) is 12.0.